The maximum absolute atomic E-state index is 10.1. The topological polar surface area (TPSA) is 107 Å². The van der Waals surface area contributed by atoms with Gasteiger partial charge in [-0.3, -0.25) is 0 Å². The van der Waals surface area contributed by atoms with E-state index in [4.69, 9.17) is 40.4 Å². The summed E-state index contributed by atoms with van der Waals surface area (Å²) in [6.45, 7) is 6.65. The molecule has 0 spiro atoms. The van der Waals surface area contributed by atoms with Crippen LogP contribution < -0.4 is 9.47 Å². The average Bonchev–Trinajstić information content (AvgIpc) is 2.90. The van der Waals surface area contributed by atoms with Crippen LogP contribution in [0.15, 0.2) is 48.5 Å². The zero-order valence-corrected chi connectivity index (χ0v) is 21.9. The van der Waals surface area contributed by atoms with Crippen LogP contribution in [-0.4, -0.2) is 92.9 Å². The Bertz CT molecular complexity index is 829. The van der Waals surface area contributed by atoms with E-state index < -0.39 is 12.2 Å². The second kappa shape index (κ2) is 16.8. The molecule has 0 saturated heterocycles. The Labute approximate surface area is 218 Å². The largest absolute Gasteiger partial charge is 0.491 e. The van der Waals surface area contributed by atoms with Gasteiger partial charge in [0.2, 0.25) is 0 Å². The van der Waals surface area contributed by atoms with Crippen molar-refractivity contribution in [1.82, 2.24) is 0 Å². The van der Waals surface area contributed by atoms with Crippen molar-refractivity contribution in [3.63, 3.8) is 0 Å². The Balaban J connectivity index is 1.72. The van der Waals surface area contributed by atoms with Gasteiger partial charge in [-0.15, -0.1) is 11.6 Å². The number of aliphatic hydroxyl groups is 3. The van der Waals surface area contributed by atoms with Crippen LogP contribution in [0.3, 0.4) is 0 Å². The lowest BCUT2D eigenvalue weighted by molar-refractivity contribution is -0.0217. The fraction of sp³-hybridized carbons (Fsp3) is 0.556. The van der Waals surface area contributed by atoms with Gasteiger partial charge in [-0.2, -0.15) is 0 Å². The summed E-state index contributed by atoms with van der Waals surface area (Å²) in [6.07, 6.45) is -1.44. The van der Waals surface area contributed by atoms with E-state index in [0.29, 0.717) is 44.5 Å². The van der Waals surface area contributed by atoms with Gasteiger partial charge in [-0.25, -0.2) is 0 Å². The van der Waals surface area contributed by atoms with Crippen LogP contribution in [0.1, 0.15) is 25.0 Å². The SMILES string of the molecule is CC(C)(c1ccc(OC[C@H](O)CCl)cc1)c1ccc(OC[C@@H](O)COCCOCCOCCO)cc1. The quantitative estimate of drug-likeness (QED) is 0.189. The Hall–Kier alpha value is -1.91. The summed E-state index contributed by atoms with van der Waals surface area (Å²) < 4.78 is 27.1. The van der Waals surface area contributed by atoms with Crippen molar-refractivity contribution in [2.45, 2.75) is 31.5 Å². The summed E-state index contributed by atoms with van der Waals surface area (Å²) in [5, 5.41) is 28.2. The van der Waals surface area contributed by atoms with E-state index in [0.717, 1.165) is 11.1 Å². The lowest BCUT2D eigenvalue weighted by Crippen LogP contribution is -2.24. The average molecular weight is 527 g/mol. The lowest BCUT2D eigenvalue weighted by Gasteiger charge is -2.26. The molecule has 2 atom stereocenters. The Morgan fingerprint density at radius 3 is 1.58 bits per heavy atom. The number of hydrogen-bond donors (Lipinski definition) is 3. The molecule has 8 nitrogen and oxygen atoms in total. The number of alkyl halides is 1. The standard InChI is InChI=1S/C27H39ClO8/c1-27(2,21-3-7-25(8-4-21)35-19-23(30)17-28)22-5-9-26(10-6-22)36-20-24(31)18-34-16-15-33-14-13-32-12-11-29/h3-10,23-24,29-31H,11-20H2,1-2H3/t23-,24+/m1/s1. The molecule has 0 radical (unpaired) electrons. The van der Waals surface area contributed by atoms with Crippen LogP contribution in [-0.2, 0) is 19.6 Å². The van der Waals surface area contributed by atoms with E-state index in [1.54, 1.807) is 0 Å². The van der Waals surface area contributed by atoms with Gasteiger partial charge in [0.05, 0.1) is 52.1 Å². The molecular weight excluding hydrogens is 488 g/mol. The van der Waals surface area contributed by atoms with Crippen LogP contribution in [0.4, 0.5) is 0 Å². The third-order valence-electron chi connectivity index (χ3n) is 5.50. The fourth-order valence-electron chi connectivity index (χ4n) is 3.30. The number of halogens is 1. The molecule has 0 aliphatic rings. The molecule has 9 heteroatoms. The highest BCUT2D eigenvalue weighted by Gasteiger charge is 2.23. The van der Waals surface area contributed by atoms with Crippen molar-refractivity contribution >= 4 is 11.6 Å². The van der Waals surface area contributed by atoms with E-state index in [1.165, 1.54) is 0 Å². The van der Waals surface area contributed by atoms with Crippen molar-refractivity contribution in [2.75, 3.05) is 65.3 Å². The first-order chi connectivity index (χ1) is 17.4. The van der Waals surface area contributed by atoms with Gasteiger partial charge in [0, 0.05) is 5.41 Å². The van der Waals surface area contributed by atoms with Gasteiger partial charge >= 0.3 is 0 Å². The maximum atomic E-state index is 10.1. The van der Waals surface area contributed by atoms with Crippen molar-refractivity contribution in [3.05, 3.63) is 59.7 Å². The minimum Gasteiger partial charge on any atom is -0.491 e. The van der Waals surface area contributed by atoms with E-state index in [2.05, 4.69) is 13.8 Å². The van der Waals surface area contributed by atoms with Crippen LogP contribution in [0.5, 0.6) is 11.5 Å². The zero-order chi connectivity index (χ0) is 26.2. The molecule has 0 amide bonds. The van der Waals surface area contributed by atoms with Gasteiger partial charge in [0.1, 0.15) is 36.9 Å². The van der Waals surface area contributed by atoms with E-state index in [1.807, 2.05) is 48.5 Å². The second-order valence-electron chi connectivity index (χ2n) is 8.78. The molecule has 0 saturated carbocycles. The molecule has 0 aliphatic heterocycles. The molecule has 0 heterocycles. The summed E-state index contributed by atoms with van der Waals surface area (Å²) in [7, 11) is 0. The van der Waals surface area contributed by atoms with E-state index in [9.17, 15) is 10.2 Å². The molecule has 0 bridgehead atoms. The van der Waals surface area contributed by atoms with Gasteiger partial charge in [0.25, 0.3) is 0 Å². The van der Waals surface area contributed by atoms with Gasteiger partial charge in [-0.05, 0) is 35.4 Å². The minimum absolute atomic E-state index is 0.000278. The van der Waals surface area contributed by atoms with Crippen molar-refractivity contribution in [1.29, 1.82) is 0 Å². The van der Waals surface area contributed by atoms with Gasteiger partial charge < -0.3 is 39.0 Å². The number of benzene rings is 2. The monoisotopic (exact) mass is 526 g/mol. The first-order valence-corrected chi connectivity index (χ1v) is 12.6. The molecule has 36 heavy (non-hydrogen) atoms. The maximum Gasteiger partial charge on any atom is 0.119 e. The molecule has 2 rings (SSSR count). The number of aliphatic hydroxyl groups excluding tert-OH is 3. The zero-order valence-electron chi connectivity index (χ0n) is 21.1. The summed E-state index contributed by atoms with van der Waals surface area (Å²) in [4.78, 5) is 0. The van der Waals surface area contributed by atoms with E-state index >= 15 is 0 Å². The van der Waals surface area contributed by atoms with Crippen molar-refractivity contribution in [2.24, 2.45) is 0 Å². The van der Waals surface area contributed by atoms with E-state index in [-0.39, 0.29) is 37.7 Å². The van der Waals surface area contributed by atoms with Crippen molar-refractivity contribution in [3.8, 4) is 11.5 Å². The van der Waals surface area contributed by atoms with Gasteiger partial charge in [0.15, 0.2) is 0 Å². The Kier molecular flexibility index (Phi) is 14.1. The third-order valence-corrected chi connectivity index (χ3v) is 5.86. The highest BCUT2D eigenvalue weighted by Crippen LogP contribution is 2.33. The molecule has 2 aromatic rings. The number of ether oxygens (including phenoxy) is 5. The summed E-state index contributed by atoms with van der Waals surface area (Å²) in [5.74, 6) is 1.49. The van der Waals surface area contributed by atoms with Crippen molar-refractivity contribution < 1.29 is 39.0 Å². The molecule has 2 aromatic carbocycles. The third kappa shape index (κ3) is 11.0. The molecule has 3 N–H and O–H groups in total. The highest BCUT2D eigenvalue weighted by atomic mass is 35.5. The molecule has 0 aliphatic carbocycles. The number of hydrogen-bond acceptors (Lipinski definition) is 8. The van der Waals surface area contributed by atoms with Gasteiger partial charge in [-0.1, -0.05) is 38.1 Å². The fourth-order valence-corrected chi connectivity index (χ4v) is 3.39. The predicted molar refractivity (Wildman–Crippen MR) is 138 cm³/mol. The molecule has 0 unspecified atom stereocenters. The lowest BCUT2D eigenvalue weighted by atomic mass is 9.78. The highest BCUT2D eigenvalue weighted by molar-refractivity contribution is 6.18. The molecule has 202 valence electrons. The normalized spacial score (nSPS) is 13.4. The Morgan fingerprint density at radius 2 is 1.11 bits per heavy atom. The van der Waals surface area contributed by atoms with Crippen LogP contribution in [0.25, 0.3) is 0 Å². The first kappa shape index (κ1) is 30.3. The smallest absolute Gasteiger partial charge is 0.119 e. The molecular formula is C27H39ClO8. The predicted octanol–water partition coefficient (Wildman–Crippen LogP) is 2.77. The summed E-state index contributed by atoms with van der Waals surface area (Å²) in [5.41, 5.74) is 2.00. The summed E-state index contributed by atoms with van der Waals surface area (Å²) >= 11 is 5.60. The molecule has 0 aromatic heterocycles. The first-order valence-electron chi connectivity index (χ1n) is 12.1. The van der Waals surface area contributed by atoms with Crippen LogP contribution in [0.2, 0.25) is 0 Å². The van der Waals surface area contributed by atoms with Crippen LogP contribution >= 0.6 is 11.6 Å². The second-order valence-corrected chi connectivity index (χ2v) is 9.09. The minimum atomic E-state index is -0.750. The Morgan fingerprint density at radius 1 is 0.667 bits per heavy atom. The summed E-state index contributed by atoms with van der Waals surface area (Å²) in [6, 6.07) is 15.6. The number of rotatable bonds is 19. The van der Waals surface area contributed by atoms with Crippen LogP contribution in [0, 0.1) is 0 Å². The molecule has 0 fully saturated rings.